The summed E-state index contributed by atoms with van der Waals surface area (Å²) in [5.74, 6) is 0.528. The molecule has 1 heterocycles. The molecule has 1 aromatic heterocycles. The molecule has 0 aliphatic carbocycles. The van der Waals surface area contributed by atoms with Crippen molar-refractivity contribution in [1.29, 1.82) is 0 Å². The number of rotatable bonds is 5. The normalized spacial score (nSPS) is 12.6. The number of benzene rings is 1. The summed E-state index contributed by atoms with van der Waals surface area (Å²) in [5.41, 5.74) is 0.515. The molecule has 0 aliphatic rings. The van der Waals surface area contributed by atoms with E-state index < -0.39 is 26.7 Å². The fourth-order valence-corrected chi connectivity index (χ4v) is 2.53. The zero-order valence-corrected chi connectivity index (χ0v) is 11.9. The molecule has 0 unspecified atom stereocenters. The Labute approximate surface area is 122 Å². The maximum absolute atomic E-state index is 13.1. The molecule has 10 heteroatoms. The molecule has 120 valence electrons. The number of sulfone groups is 1. The minimum Gasteiger partial charge on any atom is -0.497 e. The second-order valence-corrected chi connectivity index (χ2v) is 6.13. The van der Waals surface area contributed by atoms with Gasteiger partial charge in [0.2, 0.25) is 5.16 Å². The summed E-state index contributed by atoms with van der Waals surface area (Å²) in [4.78, 5) is 5.38. The molecule has 0 radical (unpaired) electrons. The molecular weight excluding hydrogens is 328 g/mol. The van der Waals surface area contributed by atoms with Gasteiger partial charge in [-0.3, -0.25) is 0 Å². The number of hydrogen-bond acceptors (Lipinski definition) is 4. The molecule has 2 aromatic rings. The number of imidazole rings is 1. The maximum Gasteiger partial charge on any atom is 0.411 e. The van der Waals surface area contributed by atoms with Crippen LogP contribution in [0.25, 0.3) is 11.3 Å². The van der Waals surface area contributed by atoms with E-state index in [0.717, 1.165) is 6.20 Å². The van der Waals surface area contributed by atoms with Crippen LogP contribution in [0.1, 0.15) is 0 Å². The monoisotopic (exact) mass is 338 g/mol. The summed E-state index contributed by atoms with van der Waals surface area (Å²) in [6.07, 6.45) is -3.39. The van der Waals surface area contributed by atoms with E-state index in [0.29, 0.717) is 11.3 Å². The van der Waals surface area contributed by atoms with Crippen LogP contribution in [0.4, 0.5) is 17.6 Å². The van der Waals surface area contributed by atoms with Gasteiger partial charge in [-0.05, 0) is 29.8 Å². The molecule has 0 atom stereocenters. The number of alkyl halides is 4. The minimum absolute atomic E-state index is 0.0892. The first-order valence-corrected chi connectivity index (χ1v) is 7.28. The largest absolute Gasteiger partial charge is 0.497 e. The van der Waals surface area contributed by atoms with Crippen LogP contribution in [0.15, 0.2) is 35.6 Å². The summed E-state index contributed by atoms with van der Waals surface area (Å²) < 4.78 is 78.6. The quantitative estimate of drug-likeness (QED) is 0.851. The summed E-state index contributed by atoms with van der Waals surface area (Å²) >= 11 is 0. The molecule has 0 saturated heterocycles. The van der Waals surface area contributed by atoms with Crippen molar-refractivity contribution in [2.75, 3.05) is 7.11 Å². The van der Waals surface area contributed by atoms with E-state index in [4.69, 9.17) is 4.74 Å². The van der Waals surface area contributed by atoms with Gasteiger partial charge in [0.15, 0.2) is 0 Å². The average Bonchev–Trinajstić information content (AvgIpc) is 2.97. The number of nitrogens with zero attached hydrogens (tertiary/aromatic N) is 1. The Kier molecular flexibility index (Phi) is 4.14. The molecule has 22 heavy (non-hydrogen) atoms. The number of aromatic amines is 1. The second-order valence-electron chi connectivity index (χ2n) is 4.20. The average molecular weight is 338 g/mol. The molecule has 0 amide bonds. The summed E-state index contributed by atoms with van der Waals surface area (Å²) in [6.45, 7) is 0. The Balaban J connectivity index is 2.39. The van der Waals surface area contributed by atoms with Gasteiger partial charge in [0.05, 0.1) is 19.0 Å². The number of H-pyrrole nitrogens is 1. The Morgan fingerprint density at radius 3 is 2.32 bits per heavy atom. The van der Waals surface area contributed by atoms with Crippen LogP contribution in [0.3, 0.4) is 0 Å². The van der Waals surface area contributed by atoms with Gasteiger partial charge in [0, 0.05) is 0 Å². The molecule has 0 spiro atoms. The van der Waals surface area contributed by atoms with Gasteiger partial charge in [-0.2, -0.15) is 8.78 Å². The van der Waals surface area contributed by atoms with Gasteiger partial charge in [0.25, 0.3) is 9.84 Å². The lowest BCUT2D eigenvalue weighted by atomic mass is 10.2. The number of hydrogen-bond donors (Lipinski definition) is 1. The van der Waals surface area contributed by atoms with Crippen molar-refractivity contribution in [3.63, 3.8) is 0 Å². The van der Waals surface area contributed by atoms with Crippen molar-refractivity contribution in [2.24, 2.45) is 0 Å². The molecule has 2 rings (SSSR count). The summed E-state index contributed by atoms with van der Waals surface area (Å²) in [7, 11) is -4.17. The smallest absolute Gasteiger partial charge is 0.411 e. The lowest BCUT2D eigenvalue weighted by Crippen LogP contribution is -2.37. The molecule has 1 N–H and O–H groups in total. The first-order chi connectivity index (χ1) is 10.2. The van der Waals surface area contributed by atoms with Crippen molar-refractivity contribution in [2.45, 2.75) is 16.8 Å². The highest BCUT2D eigenvalue weighted by Crippen LogP contribution is 2.34. The van der Waals surface area contributed by atoms with Gasteiger partial charge in [-0.15, -0.1) is 0 Å². The van der Waals surface area contributed by atoms with Gasteiger partial charge < -0.3 is 9.72 Å². The lowest BCUT2D eigenvalue weighted by molar-refractivity contribution is -0.0639. The van der Waals surface area contributed by atoms with Crippen LogP contribution >= 0.6 is 0 Å². The van der Waals surface area contributed by atoms with E-state index in [1.807, 2.05) is 0 Å². The predicted octanol–water partition coefficient (Wildman–Crippen LogP) is 2.72. The van der Waals surface area contributed by atoms with Crippen molar-refractivity contribution < 1.29 is 30.7 Å². The fourth-order valence-electron chi connectivity index (χ4n) is 1.60. The maximum atomic E-state index is 13.1. The molecule has 0 aliphatic heterocycles. The Bertz CT molecular complexity index is 757. The summed E-state index contributed by atoms with van der Waals surface area (Å²) in [6, 6.07) is 6.15. The number of ether oxygens (including phenoxy) is 1. The van der Waals surface area contributed by atoms with Crippen molar-refractivity contribution in [3.05, 3.63) is 30.5 Å². The van der Waals surface area contributed by atoms with Crippen LogP contribution in [0.2, 0.25) is 0 Å². The van der Waals surface area contributed by atoms with E-state index in [-0.39, 0.29) is 5.69 Å². The minimum atomic E-state index is -5.61. The number of aromatic nitrogens is 2. The first kappa shape index (κ1) is 16.3. The summed E-state index contributed by atoms with van der Waals surface area (Å²) in [5, 5.41) is -6.44. The number of nitrogens with one attached hydrogen (secondary N) is 1. The highest BCUT2D eigenvalue weighted by molar-refractivity contribution is 7.92. The third-order valence-corrected chi connectivity index (χ3v) is 4.43. The number of halogens is 4. The SMILES string of the molecule is COc1ccc(-c2cnc(S(=O)(=O)C(F)(F)C(F)F)[nH]2)cc1. The van der Waals surface area contributed by atoms with Crippen LogP contribution in [-0.2, 0) is 9.84 Å². The van der Waals surface area contributed by atoms with Gasteiger partial charge in [-0.1, -0.05) is 0 Å². The highest BCUT2D eigenvalue weighted by Gasteiger charge is 2.56. The predicted molar refractivity (Wildman–Crippen MR) is 68.7 cm³/mol. The van der Waals surface area contributed by atoms with Gasteiger partial charge in [-0.25, -0.2) is 22.2 Å². The van der Waals surface area contributed by atoms with Gasteiger partial charge in [0.1, 0.15) is 5.75 Å². The van der Waals surface area contributed by atoms with E-state index in [2.05, 4.69) is 9.97 Å². The highest BCUT2D eigenvalue weighted by atomic mass is 32.2. The topological polar surface area (TPSA) is 72.0 Å². The van der Waals surface area contributed by atoms with Crippen molar-refractivity contribution in [3.8, 4) is 17.0 Å². The second kappa shape index (κ2) is 5.59. The van der Waals surface area contributed by atoms with Crippen molar-refractivity contribution in [1.82, 2.24) is 9.97 Å². The van der Waals surface area contributed by atoms with E-state index in [1.54, 1.807) is 12.1 Å². The zero-order valence-electron chi connectivity index (χ0n) is 11.1. The number of methoxy groups -OCH3 is 1. The lowest BCUT2D eigenvalue weighted by Gasteiger charge is -2.13. The fraction of sp³-hybridized carbons (Fsp3) is 0.250. The standard InChI is InChI=1S/C12H10F4N2O3S/c1-21-8-4-2-7(3-5-8)9-6-17-11(18-9)22(19,20)12(15,16)10(13)14/h2-6,10H,1H3,(H,17,18). The van der Waals surface area contributed by atoms with Crippen LogP contribution in [0, 0.1) is 0 Å². The van der Waals surface area contributed by atoms with Gasteiger partial charge >= 0.3 is 11.7 Å². The Morgan fingerprint density at radius 2 is 1.82 bits per heavy atom. The molecule has 0 saturated carbocycles. The van der Waals surface area contributed by atoms with E-state index in [1.165, 1.54) is 19.2 Å². The van der Waals surface area contributed by atoms with E-state index in [9.17, 15) is 26.0 Å². The molecule has 1 aromatic carbocycles. The Morgan fingerprint density at radius 1 is 1.23 bits per heavy atom. The zero-order chi connectivity index (χ0) is 16.5. The first-order valence-electron chi connectivity index (χ1n) is 5.80. The van der Waals surface area contributed by atoms with Crippen LogP contribution in [0.5, 0.6) is 5.75 Å². The third kappa shape index (κ3) is 2.65. The third-order valence-electron chi connectivity index (χ3n) is 2.82. The Hall–Kier alpha value is -2.10. The molecular formula is C12H10F4N2O3S. The van der Waals surface area contributed by atoms with Crippen LogP contribution in [-0.4, -0.2) is 37.2 Å². The van der Waals surface area contributed by atoms with Crippen molar-refractivity contribution >= 4 is 9.84 Å². The molecule has 0 bridgehead atoms. The van der Waals surface area contributed by atoms with E-state index >= 15 is 0 Å². The molecule has 0 fully saturated rings. The molecule has 5 nitrogen and oxygen atoms in total. The van der Waals surface area contributed by atoms with Crippen LogP contribution < -0.4 is 4.74 Å².